The van der Waals surface area contributed by atoms with Crippen molar-refractivity contribution >= 4 is 34.3 Å². The number of benzene rings is 1. The van der Waals surface area contributed by atoms with Gasteiger partial charge in [-0.1, -0.05) is 29.5 Å². The maximum atomic E-state index is 12.1. The smallest absolute Gasteiger partial charge is 0.354 e. The highest BCUT2D eigenvalue weighted by Crippen LogP contribution is 2.25. The van der Waals surface area contributed by atoms with Crippen molar-refractivity contribution in [2.24, 2.45) is 0 Å². The zero-order valence-electron chi connectivity index (χ0n) is 12.0. The molecule has 0 aliphatic carbocycles. The summed E-state index contributed by atoms with van der Waals surface area (Å²) in [6.07, 6.45) is 1.34. The van der Waals surface area contributed by atoms with Crippen LogP contribution in [0.4, 0.5) is 5.00 Å². The summed E-state index contributed by atoms with van der Waals surface area (Å²) >= 11 is 0.886. The first-order chi connectivity index (χ1) is 11.0. The van der Waals surface area contributed by atoms with E-state index in [1.807, 2.05) is 0 Å². The number of nitro groups is 1. The largest absolute Gasteiger partial charge is 0.464 e. The quantitative estimate of drug-likeness (QED) is 0.393. The molecule has 2 rings (SSSR count). The van der Waals surface area contributed by atoms with Gasteiger partial charge in [0.2, 0.25) is 0 Å². The van der Waals surface area contributed by atoms with Crippen molar-refractivity contribution in [3.05, 3.63) is 68.7 Å². The fraction of sp³-hybridized carbons (Fsp3) is 0.0667. The maximum absolute atomic E-state index is 12.1. The van der Waals surface area contributed by atoms with E-state index < -0.39 is 16.8 Å². The van der Waals surface area contributed by atoms with Gasteiger partial charge >= 0.3 is 11.0 Å². The van der Waals surface area contributed by atoms with Crippen molar-refractivity contribution in [1.82, 2.24) is 5.32 Å². The van der Waals surface area contributed by atoms with Crippen LogP contribution in [0.1, 0.15) is 15.2 Å². The van der Waals surface area contributed by atoms with Gasteiger partial charge in [0.15, 0.2) is 0 Å². The average molecular weight is 332 g/mol. The van der Waals surface area contributed by atoms with E-state index in [9.17, 15) is 19.7 Å². The molecule has 0 aliphatic heterocycles. The van der Waals surface area contributed by atoms with Crippen LogP contribution in [0.3, 0.4) is 0 Å². The van der Waals surface area contributed by atoms with E-state index in [1.54, 1.807) is 30.3 Å². The van der Waals surface area contributed by atoms with Gasteiger partial charge in [-0.2, -0.15) is 0 Å². The van der Waals surface area contributed by atoms with E-state index in [0.29, 0.717) is 10.4 Å². The van der Waals surface area contributed by atoms with Crippen molar-refractivity contribution in [1.29, 1.82) is 0 Å². The van der Waals surface area contributed by atoms with Crippen LogP contribution in [0.5, 0.6) is 0 Å². The molecule has 1 amide bonds. The second-order valence-corrected chi connectivity index (χ2v) is 5.40. The van der Waals surface area contributed by atoms with E-state index in [2.05, 4.69) is 10.1 Å². The fourth-order valence-electron chi connectivity index (χ4n) is 1.70. The number of carbonyl (C=O) groups excluding carboxylic acids is 2. The van der Waals surface area contributed by atoms with E-state index in [-0.39, 0.29) is 10.7 Å². The molecule has 2 aromatic rings. The molecular weight excluding hydrogens is 320 g/mol. The highest BCUT2D eigenvalue weighted by Gasteiger charge is 2.16. The highest BCUT2D eigenvalue weighted by molar-refractivity contribution is 7.16. The minimum Gasteiger partial charge on any atom is -0.464 e. The van der Waals surface area contributed by atoms with Crippen molar-refractivity contribution in [3.8, 4) is 0 Å². The van der Waals surface area contributed by atoms with Gasteiger partial charge in [0.1, 0.15) is 5.70 Å². The normalized spacial score (nSPS) is 10.9. The van der Waals surface area contributed by atoms with Crippen molar-refractivity contribution in [3.63, 3.8) is 0 Å². The fourth-order valence-corrected chi connectivity index (χ4v) is 2.47. The van der Waals surface area contributed by atoms with Gasteiger partial charge in [-0.05, 0) is 24.3 Å². The number of nitrogens with one attached hydrogen (secondary N) is 1. The molecule has 0 aliphatic rings. The molecule has 1 aromatic heterocycles. The standard InChI is InChI=1S/C15H12N2O5S/c1-22-15(19)12(9-11-7-8-13(23-11)17(20)21)16-14(18)10-5-3-2-4-6-10/h2-9H,1H3,(H,16,18)/b12-9-. The van der Waals surface area contributed by atoms with Crippen molar-refractivity contribution < 1.29 is 19.2 Å². The first-order valence-electron chi connectivity index (χ1n) is 6.42. The van der Waals surface area contributed by atoms with Gasteiger partial charge in [0.25, 0.3) is 5.91 Å². The molecule has 8 heteroatoms. The Morgan fingerprint density at radius 3 is 2.48 bits per heavy atom. The predicted molar refractivity (Wildman–Crippen MR) is 84.9 cm³/mol. The first kappa shape index (κ1) is 16.4. The summed E-state index contributed by atoms with van der Waals surface area (Å²) in [5.74, 6) is -1.22. The van der Waals surface area contributed by atoms with Gasteiger partial charge in [-0.3, -0.25) is 14.9 Å². The van der Waals surface area contributed by atoms with E-state index in [1.165, 1.54) is 25.3 Å². The number of hydrogen-bond donors (Lipinski definition) is 1. The highest BCUT2D eigenvalue weighted by atomic mass is 32.1. The molecule has 0 radical (unpaired) electrons. The van der Waals surface area contributed by atoms with Gasteiger partial charge < -0.3 is 10.1 Å². The molecule has 0 atom stereocenters. The van der Waals surface area contributed by atoms with Crippen molar-refractivity contribution in [2.45, 2.75) is 0 Å². The lowest BCUT2D eigenvalue weighted by molar-refractivity contribution is -0.380. The average Bonchev–Trinajstić information content (AvgIpc) is 3.03. The molecule has 1 N–H and O–H groups in total. The molecule has 1 heterocycles. The molecule has 0 bridgehead atoms. The molecular formula is C15H12N2O5S. The zero-order chi connectivity index (χ0) is 16.8. The summed E-state index contributed by atoms with van der Waals surface area (Å²) in [4.78, 5) is 34.5. The van der Waals surface area contributed by atoms with Crippen LogP contribution in [0, 0.1) is 10.1 Å². The monoisotopic (exact) mass is 332 g/mol. The summed E-state index contributed by atoms with van der Waals surface area (Å²) < 4.78 is 4.62. The number of ether oxygens (including phenoxy) is 1. The van der Waals surface area contributed by atoms with Crippen LogP contribution in [0.25, 0.3) is 6.08 Å². The molecule has 118 valence electrons. The molecule has 7 nitrogen and oxygen atoms in total. The summed E-state index contributed by atoms with van der Waals surface area (Å²) in [5.41, 5.74) is 0.276. The summed E-state index contributed by atoms with van der Waals surface area (Å²) in [6, 6.07) is 11.2. The van der Waals surface area contributed by atoms with Crippen LogP contribution in [-0.4, -0.2) is 23.9 Å². The number of methoxy groups -OCH3 is 1. The molecule has 1 aromatic carbocycles. The Morgan fingerprint density at radius 2 is 1.91 bits per heavy atom. The Balaban J connectivity index is 2.26. The molecule has 0 saturated heterocycles. The number of thiophene rings is 1. The SMILES string of the molecule is COC(=O)/C(=C/c1ccc([N+](=O)[O-])s1)NC(=O)c1ccccc1. The molecule has 0 saturated carbocycles. The Labute approximate surface area is 135 Å². The van der Waals surface area contributed by atoms with Crippen LogP contribution in [-0.2, 0) is 9.53 Å². The topological polar surface area (TPSA) is 98.5 Å². The third-order valence-corrected chi connectivity index (χ3v) is 3.75. The first-order valence-corrected chi connectivity index (χ1v) is 7.23. The summed E-state index contributed by atoms with van der Waals surface area (Å²) in [5, 5.41) is 13.1. The summed E-state index contributed by atoms with van der Waals surface area (Å²) in [6.45, 7) is 0. The van der Waals surface area contributed by atoms with E-state index in [4.69, 9.17) is 0 Å². The number of amides is 1. The minimum absolute atomic E-state index is 0.0603. The van der Waals surface area contributed by atoms with Gasteiger partial charge in [-0.15, -0.1) is 0 Å². The second kappa shape index (κ2) is 7.32. The van der Waals surface area contributed by atoms with Crippen LogP contribution in [0.2, 0.25) is 0 Å². The number of nitrogens with zero attached hydrogens (tertiary/aromatic N) is 1. The van der Waals surface area contributed by atoms with E-state index in [0.717, 1.165) is 11.3 Å². The lowest BCUT2D eigenvalue weighted by Gasteiger charge is -2.07. The Hall–Kier alpha value is -3.00. The zero-order valence-corrected chi connectivity index (χ0v) is 12.8. The minimum atomic E-state index is -0.745. The van der Waals surface area contributed by atoms with Crippen LogP contribution >= 0.6 is 11.3 Å². The van der Waals surface area contributed by atoms with Crippen LogP contribution < -0.4 is 5.32 Å². The number of hydrogen-bond acceptors (Lipinski definition) is 6. The summed E-state index contributed by atoms with van der Waals surface area (Å²) in [7, 11) is 1.18. The number of carbonyl (C=O) groups is 2. The third kappa shape index (κ3) is 4.24. The van der Waals surface area contributed by atoms with Gasteiger partial charge in [0, 0.05) is 16.5 Å². The molecule has 0 spiro atoms. The van der Waals surface area contributed by atoms with Gasteiger partial charge in [-0.25, -0.2) is 4.79 Å². The lowest BCUT2D eigenvalue weighted by atomic mass is 10.2. The van der Waals surface area contributed by atoms with Crippen molar-refractivity contribution in [2.75, 3.05) is 7.11 Å². The Morgan fingerprint density at radius 1 is 1.22 bits per heavy atom. The van der Waals surface area contributed by atoms with Gasteiger partial charge in [0.05, 0.1) is 12.0 Å². The molecule has 0 unspecified atom stereocenters. The Bertz CT molecular complexity index is 767. The second-order valence-electron chi connectivity index (χ2n) is 4.30. The van der Waals surface area contributed by atoms with E-state index >= 15 is 0 Å². The number of esters is 1. The van der Waals surface area contributed by atoms with Crippen LogP contribution in [0.15, 0.2) is 48.2 Å². The lowest BCUT2D eigenvalue weighted by Crippen LogP contribution is -2.27. The predicted octanol–water partition coefficient (Wildman–Crippen LogP) is 2.60. The Kier molecular flexibility index (Phi) is 5.21. The third-order valence-electron chi connectivity index (χ3n) is 2.77. The molecule has 0 fully saturated rings. The molecule has 23 heavy (non-hydrogen) atoms. The number of rotatable bonds is 5. The maximum Gasteiger partial charge on any atom is 0.354 e.